The van der Waals surface area contributed by atoms with E-state index < -0.39 is 30.0 Å². The first-order valence-corrected chi connectivity index (χ1v) is 17.8. The van der Waals surface area contributed by atoms with Gasteiger partial charge in [0.1, 0.15) is 6.04 Å². The van der Waals surface area contributed by atoms with Gasteiger partial charge in [0, 0.05) is 36.3 Å². The number of carbonyl (C=O) groups excluding carboxylic acids is 4. The van der Waals surface area contributed by atoms with Gasteiger partial charge in [-0.1, -0.05) is 119 Å². The zero-order valence-corrected chi connectivity index (χ0v) is 29.4. The van der Waals surface area contributed by atoms with E-state index in [-0.39, 0.29) is 42.8 Å². The van der Waals surface area contributed by atoms with E-state index in [1.807, 2.05) is 111 Å². The first-order valence-electron chi connectivity index (χ1n) is 17.8. The molecule has 0 radical (unpaired) electrons. The smallest absolute Gasteiger partial charge is 0.243 e. The van der Waals surface area contributed by atoms with Crippen molar-refractivity contribution in [3.63, 3.8) is 0 Å². The van der Waals surface area contributed by atoms with E-state index >= 15 is 0 Å². The van der Waals surface area contributed by atoms with E-state index in [2.05, 4.69) is 16.0 Å². The van der Waals surface area contributed by atoms with Crippen molar-refractivity contribution in [2.45, 2.75) is 83.8 Å². The number of nitrogens with zero attached hydrogens (tertiary/aromatic N) is 1. The van der Waals surface area contributed by atoms with Crippen molar-refractivity contribution in [2.75, 3.05) is 6.54 Å². The fourth-order valence-corrected chi connectivity index (χ4v) is 6.11. The number of fused-ring (bicyclic) bond motifs is 1. The lowest BCUT2D eigenvalue weighted by Crippen LogP contribution is -2.54. The van der Waals surface area contributed by atoms with Crippen LogP contribution in [-0.4, -0.2) is 47.1 Å². The van der Waals surface area contributed by atoms with Gasteiger partial charge in [-0.25, -0.2) is 0 Å². The van der Waals surface area contributed by atoms with Crippen molar-refractivity contribution in [3.8, 4) is 0 Å². The number of aromatic nitrogens is 1. The predicted molar refractivity (Wildman–Crippen MR) is 198 cm³/mol. The standard InChI is InChI=1S/C41H51N5O4/c1-4-28(3)38(45-41(50)35(44-37(48)5-2)27-33-24-23-29-16-12-13-22-34(29)43-33)36(47)26-32(21-14-15-25-42)40(49)46-39(30-17-8-6-9-18-30)31-19-10-7-11-20-31/h6-13,16-20,22-24,28,32,35,38-39H,4-5,14-15,21,25-27,42H2,1-3H3,(H,44,48)(H,45,50)(H,46,49)/t28-,32+,35-,38-/m0/s1. The summed E-state index contributed by atoms with van der Waals surface area (Å²) in [6, 6.07) is 28.8. The summed E-state index contributed by atoms with van der Waals surface area (Å²) in [6.07, 6.45) is 2.85. The van der Waals surface area contributed by atoms with Gasteiger partial charge in [-0.3, -0.25) is 24.2 Å². The van der Waals surface area contributed by atoms with Gasteiger partial charge in [-0.15, -0.1) is 0 Å². The molecule has 50 heavy (non-hydrogen) atoms. The number of nitrogens with one attached hydrogen (secondary N) is 3. The summed E-state index contributed by atoms with van der Waals surface area (Å²) in [5.41, 5.74) is 9.10. The van der Waals surface area contributed by atoms with Crippen LogP contribution in [0.25, 0.3) is 10.9 Å². The maximum Gasteiger partial charge on any atom is 0.243 e. The summed E-state index contributed by atoms with van der Waals surface area (Å²) in [5, 5.41) is 10.0. The maximum atomic E-state index is 14.1. The van der Waals surface area contributed by atoms with E-state index in [9.17, 15) is 19.2 Å². The summed E-state index contributed by atoms with van der Waals surface area (Å²) in [4.78, 5) is 59.3. The van der Waals surface area contributed by atoms with Crippen molar-refractivity contribution < 1.29 is 19.2 Å². The second-order valence-electron chi connectivity index (χ2n) is 13.0. The fourth-order valence-electron chi connectivity index (χ4n) is 6.11. The number of unbranched alkanes of at least 4 members (excludes halogenated alkanes) is 1. The number of ketones is 1. The molecule has 3 aromatic carbocycles. The Morgan fingerprint density at radius 2 is 1.38 bits per heavy atom. The lowest BCUT2D eigenvalue weighted by atomic mass is 9.87. The number of para-hydroxylation sites is 1. The monoisotopic (exact) mass is 677 g/mol. The number of amides is 3. The van der Waals surface area contributed by atoms with Gasteiger partial charge in [-0.2, -0.15) is 0 Å². The molecule has 0 bridgehead atoms. The van der Waals surface area contributed by atoms with Crippen molar-refractivity contribution >= 4 is 34.4 Å². The summed E-state index contributed by atoms with van der Waals surface area (Å²) in [7, 11) is 0. The lowest BCUT2D eigenvalue weighted by Gasteiger charge is -2.28. The number of benzene rings is 3. The molecular weight excluding hydrogens is 626 g/mol. The molecule has 9 heteroatoms. The Morgan fingerprint density at radius 1 is 0.740 bits per heavy atom. The van der Waals surface area contributed by atoms with Gasteiger partial charge in [0.05, 0.1) is 17.6 Å². The summed E-state index contributed by atoms with van der Waals surface area (Å²) < 4.78 is 0. The molecule has 0 fully saturated rings. The SMILES string of the molecule is CCC(=O)N[C@@H](Cc1ccc2ccccc2n1)C(=O)N[C@H](C(=O)C[C@@H](CCCCN)C(=O)NC(c1ccccc1)c1ccccc1)[C@@H](C)CC. The highest BCUT2D eigenvalue weighted by Gasteiger charge is 2.33. The normalized spacial score (nSPS) is 13.6. The maximum absolute atomic E-state index is 14.1. The minimum atomic E-state index is -0.934. The average Bonchev–Trinajstić information content (AvgIpc) is 3.15. The molecular formula is C41H51N5O4. The zero-order chi connectivity index (χ0) is 35.9. The number of Topliss-reactive ketones (excluding diaryl/α,β-unsaturated/α-hetero) is 1. The highest BCUT2D eigenvalue weighted by atomic mass is 16.2. The van der Waals surface area contributed by atoms with E-state index in [0.717, 1.165) is 28.5 Å². The molecule has 0 unspecified atom stereocenters. The van der Waals surface area contributed by atoms with Crippen LogP contribution in [0.5, 0.6) is 0 Å². The van der Waals surface area contributed by atoms with Crippen LogP contribution in [0.1, 0.15) is 82.2 Å². The number of hydrogen-bond donors (Lipinski definition) is 4. The number of nitrogens with two attached hydrogens (primary N) is 1. The van der Waals surface area contributed by atoms with E-state index in [0.29, 0.717) is 31.5 Å². The molecule has 0 saturated heterocycles. The van der Waals surface area contributed by atoms with Crippen LogP contribution in [-0.2, 0) is 25.6 Å². The molecule has 4 rings (SSSR count). The van der Waals surface area contributed by atoms with Gasteiger partial charge in [0.25, 0.3) is 0 Å². The number of carbonyl (C=O) groups is 4. The average molecular weight is 678 g/mol. The van der Waals surface area contributed by atoms with Crippen LogP contribution >= 0.6 is 0 Å². The van der Waals surface area contributed by atoms with Crippen molar-refractivity contribution in [3.05, 3.63) is 114 Å². The lowest BCUT2D eigenvalue weighted by molar-refractivity contribution is -0.134. The van der Waals surface area contributed by atoms with Crippen LogP contribution in [0.4, 0.5) is 0 Å². The first kappa shape index (κ1) is 37.9. The fraction of sp³-hybridized carbons (Fsp3) is 0.390. The Labute approximate surface area is 295 Å². The van der Waals surface area contributed by atoms with Crippen LogP contribution in [0.3, 0.4) is 0 Å². The van der Waals surface area contributed by atoms with E-state index in [1.54, 1.807) is 6.92 Å². The predicted octanol–water partition coefficient (Wildman–Crippen LogP) is 5.81. The largest absolute Gasteiger partial charge is 0.345 e. The summed E-state index contributed by atoms with van der Waals surface area (Å²) in [5.74, 6) is -2.01. The summed E-state index contributed by atoms with van der Waals surface area (Å²) >= 11 is 0. The molecule has 1 aromatic heterocycles. The second kappa shape index (κ2) is 19.3. The third-order valence-corrected chi connectivity index (χ3v) is 9.28. The van der Waals surface area contributed by atoms with Crippen LogP contribution in [0, 0.1) is 11.8 Å². The van der Waals surface area contributed by atoms with Crippen molar-refractivity contribution in [1.82, 2.24) is 20.9 Å². The molecule has 0 aliphatic heterocycles. The Balaban J connectivity index is 1.55. The third-order valence-electron chi connectivity index (χ3n) is 9.28. The van der Waals surface area contributed by atoms with Gasteiger partial charge >= 0.3 is 0 Å². The Morgan fingerprint density at radius 3 is 2.00 bits per heavy atom. The zero-order valence-electron chi connectivity index (χ0n) is 29.4. The number of hydrogen-bond acceptors (Lipinski definition) is 6. The quantitative estimate of drug-likeness (QED) is 0.0923. The highest BCUT2D eigenvalue weighted by Crippen LogP contribution is 2.25. The van der Waals surface area contributed by atoms with Crippen LogP contribution < -0.4 is 21.7 Å². The van der Waals surface area contributed by atoms with E-state index in [4.69, 9.17) is 10.7 Å². The molecule has 1 heterocycles. The van der Waals surface area contributed by atoms with Gasteiger partial charge < -0.3 is 21.7 Å². The minimum absolute atomic E-state index is 0.0415. The number of rotatable bonds is 19. The molecule has 9 nitrogen and oxygen atoms in total. The molecule has 264 valence electrons. The summed E-state index contributed by atoms with van der Waals surface area (Å²) in [6.45, 7) is 6.08. The highest BCUT2D eigenvalue weighted by molar-refractivity contribution is 5.95. The number of pyridine rings is 1. The Hall–Kier alpha value is -4.89. The molecule has 4 aromatic rings. The minimum Gasteiger partial charge on any atom is -0.345 e. The molecule has 0 aliphatic rings. The molecule has 0 saturated carbocycles. The molecule has 3 amide bonds. The van der Waals surface area contributed by atoms with Crippen LogP contribution in [0.15, 0.2) is 97.1 Å². The van der Waals surface area contributed by atoms with Crippen molar-refractivity contribution in [1.29, 1.82) is 0 Å². The van der Waals surface area contributed by atoms with E-state index in [1.165, 1.54) is 0 Å². The first-order chi connectivity index (χ1) is 24.2. The molecule has 0 spiro atoms. The third kappa shape index (κ3) is 10.8. The van der Waals surface area contributed by atoms with Gasteiger partial charge in [-0.05, 0) is 48.6 Å². The molecule has 4 atom stereocenters. The van der Waals surface area contributed by atoms with Gasteiger partial charge in [0.2, 0.25) is 17.7 Å². The van der Waals surface area contributed by atoms with Crippen LogP contribution in [0.2, 0.25) is 0 Å². The molecule has 5 N–H and O–H groups in total. The second-order valence-corrected chi connectivity index (χ2v) is 13.0. The van der Waals surface area contributed by atoms with Crippen molar-refractivity contribution in [2.24, 2.45) is 17.6 Å². The molecule has 0 aliphatic carbocycles. The van der Waals surface area contributed by atoms with Gasteiger partial charge in [0.15, 0.2) is 5.78 Å². The topological polar surface area (TPSA) is 143 Å². The Bertz CT molecular complexity index is 1660. The Kier molecular flexibility index (Phi) is 14.7.